The third kappa shape index (κ3) is 5.56. The number of rotatable bonds is 6. The Hall–Kier alpha value is -2.50. The Morgan fingerprint density at radius 2 is 1.62 bits per heavy atom. The summed E-state index contributed by atoms with van der Waals surface area (Å²) in [7, 11) is 0. The number of esters is 3. The van der Waals surface area contributed by atoms with Crippen LogP contribution in [0, 0.1) is 0 Å². The summed E-state index contributed by atoms with van der Waals surface area (Å²) in [5.41, 5.74) is 0.481. The standard InChI is InChI=1S/C15H16O6/c1-10(16)12-6-3-4-7-13(12)15(19)20-9-5-8-14(18)21-11(2)17/h3-4,6-7H,5,8-9H2,1-2H3. The zero-order valence-corrected chi connectivity index (χ0v) is 11.9. The predicted octanol–water partition coefficient (Wildman–Crippen LogP) is 1.92. The molecule has 0 amide bonds. The van der Waals surface area contributed by atoms with Crippen molar-refractivity contribution >= 4 is 23.7 Å². The van der Waals surface area contributed by atoms with Crippen molar-refractivity contribution in [3.05, 3.63) is 35.4 Å². The number of hydrogen-bond acceptors (Lipinski definition) is 6. The van der Waals surface area contributed by atoms with Crippen LogP contribution in [0.25, 0.3) is 0 Å². The van der Waals surface area contributed by atoms with E-state index in [0.717, 1.165) is 6.92 Å². The molecular weight excluding hydrogens is 276 g/mol. The van der Waals surface area contributed by atoms with Gasteiger partial charge in [-0.15, -0.1) is 0 Å². The molecule has 1 aromatic carbocycles. The number of benzene rings is 1. The van der Waals surface area contributed by atoms with E-state index in [1.165, 1.54) is 13.0 Å². The third-order valence-electron chi connectivity index (χ3n) is 2.54. The number of hydrogen-bond donors (Lipinski definition) is 0. The van der Waals surface area contributed by atoms with Crippen LogP contribution < -0.4 is 0 Å². The lowest BCUT2D eigenvalue weighted by molar-refractivity contribution is -0.158. The molecule has 0 saturated heterocycles. The molecule has 0 atom stereocenters. The summed E-state index contributed by atoms with van der Waals surface area (Å²) < 4.78 is 9.32. The van der Waals surface area contributed by atoms with Crippen LogP contribution in [0.5, 0.6) is 0 Å². The number of carbonyl (C=O) groups is 4. The molecule has 1 rings (SSSR count). The Morgan fingerprint density at radius 3 is 2.19 bits per heavy atom. The quantitative estimate of drug-likeness (QED) is 0.344. The SMILES string of the molecule is CC(=O)OC(=O)CCCOC(=O)c1ccccc1C(C)=O. The number of ether oxygens (including phenoxy) is 2. The van der Waals surface area contributed by atoms with Crippen molar-refractivity contribution in [2.24, 2.45) is 0 Å². The van der Waals surface area contributed by atoms with E-state index in [9.17, 15) is 19.2 Å². The summed E-state index contributed by atoms with van der Waals surface area (Å²) in [6.07, 6.45) is 0.210. The minimum absolute atomic E-state index is 0.00191. The molecule has 0 N–H and O–H groups in total. The maximum atomic E-state index is 11.8. The van der Waals surface area contributed by atoms with Crippen molar-refractivity contribution in [3.8, 4) is 0 Å². The molecule has 21 heavy (non-hydrogen) atoms. The fourth-order valence-electron chi connectivity index (χ4n) is 1.64. The van der Waals surface area contributed by atoms with Gasteiger partial charge in [0.2, 0.25) is 0 Å². The smallest absolute Gasteiger partial charge is 0.338 e. The molecule has 6 nitrogen and oxygen atoms in total. The monoisotopic (exact) mass is 292 g/mol. The van der Waals surface area contributed by atoms with Gasteiger partial charge >= 0.3 is 17.9 Å². The third-order valence-corrected chi connectivity index (χ3v) is 2.54. The van der Waals surface area contributed by atoms with E-state index in [1.54, 1.807) is 18.2 Å². The molecule has 0 aliphatic rings. The first-order valence-corrected chi connectivity index (χ1v) is 6.40. The van der Waals surface area contributed by atoms with Crippen LogP contribution in [0.15, 0.2) is 24.3 Å². The summed E-state index contributed by atoms with van der Waals surface area (Å²) in [5.74, 6) is -2.19. The van der Waals surface area contributed by atoms with E-state index in [0.29, 0.717) is 5.56 Å². The maximum absolute atomic E-state index is 11.8. The van der Waals surface area contributed by atoms with Crippen LogP contribution in [0.4, 0.5) is 0 Å². The zero-order chi connectivity index (χ0) is 15.8. The van der Waals surface area contributed by atoms with Crippen molar-refractivity contribution in [2.45, 2.75) is 26.7 Å². The number of carbonyl (C=O) groups excluding carboxylic acids is 4. The highest BCUT2D eigenvalue weighted by atomic mass is 16.6. The first-order chi connectivity index (χ1) is 9.91. The minimum Gasteiger partial charge on any atom is -0.462 e. The van der Waals surface area contributed by atoms with Crippen molar-refractivity contribution in [3.63, 3.8) is 0 Å². The summed E-state index contributed by atoms with van der Waals surface area (Å²) in [5, 5.41) is 0. The second-order valence-electron chi connectivity index (χ2n) is 4.31. The zero-order valence-electron chi connectivity index (χ0n) is 11.9. The summed E-state index contributed by atoms with van der Waals surface area (Å²) >= 11 is 0. The molecule has 0 fully saturated rings. The van der Waals surface area contributed by atoms with Crippen LogP contribution in [-0.4, -0.2) is 30.3 Å². The maximum Gasteiger partial charge on any atom is 0.338 e. The lowest BCUT2D eigenvalue weighted by Crippen LogP contribution is -2.13. The lowest BCUT2D eigenvalue weighted by atomic mass is 10.0. The van der Waals surface area contributed by atoms with E-state index in [4.69, 9.17) is 4.74 Å². The van der Waals surface area contributed by atoms with Gasteiger partial charge in [-0.1, -0.05) is 18.2 Å². The second-order valence-corrected chi connectivity index (χ2v) is 4.31. The predicted molar refractivity (Wildman–Crippen MR) is 72.7 cm³/mol. The molecule has 0 radical (unpaired) electrons. The van der Waals surface area contributed by atoms with Gasteiger partial charge in [-0.25, -0.2) is 4.79 Å². The summed E-state index contributed by atoms with van der Waals surface area (Å²) in [6.45, 7) is 2.50. The van der Waals surface area contributed by atoms with E-state index in [2.05, 4.69) is 4.74 Å². The fourth-order valence-corrected chi connectivity index (χ4v) is 1.64. The van der Waals surface area contributed by atoms with Gasteiger partial charge in [-0.3, -0.25) is 14.4 Å². The highest BCUT2D eigenvalue weighted by molar-refractivity contribution is 6.05. The van der Waals surface area contributed by atoms with Gasteiger partial charge in [-0.2, -0.15) is 0 Å². The van der Waals surface area contributed by atoms with Crippen LogP contribution in [0.2, 0.25) is 0 Å². The minimum atomic E-state index is -0.674. The van der Waals surface area contributed by atoms with Gasteiger partial charge < -0.3 is 9.47 Å². The molecule has 0 aliphatic carbocycles. The fraction of sp³-hybridized carbons (Fsp3) is 0.333. The Bertz CT molecular complexity index is 561. The Morgan fingerprint density at radius 1 is 1.00 bits per heavy atom. The molecule has 0 aromatic heterocycles. The Labute approximate surface area is 122 Å². The molecule has 1 aromatic rings. The van der Waals surface area contributed by atoms with Crippen LogP contribution in [0.3, 0.4) is 0 Å². The largest absolute Gasteiger partial charge is 0.462 e. The average molecular weight is 292 g/mol. The summed E-state index contributed by atoms with van der Waals surface area (Å²) in [6, 6.07) is 6.34. The van der Waals surface area contributed by atoms with Crippen LogP contribution in [-0.2, 0) is 19.1 Å². The molecule has 112 valence electrons. The first-order valence-electron chi connectivity index (χ1n) is 6.40. The Balaban J connectivity index is 2.46. The topological polar surface area (TPSA) is 86.7 Å². The van der Waals surface area contributed by atoms with Gasteiger partial charge in [0, 0.05) is 18.9 Å². The molecule has 0 spiro atoms. The highest BCUT2D eigenvalue weighted by Gasteiger charge is 2.15. The highest BCUT2D eigenvalue weighted by Crippen LogP contribution is 2.11. The van der Waals surface area contributed by atoms with Crippen molar-refractivity contribution in [1.29, 1.82) is 0 Å². The molecule has 0 saturated carbocycles. The molecule has 0 aliphatic heterocycles. The van der Waals surface area contributed by atoms with Gasteiger partial charge in [0.25, 0.3) is 0 Å². The average Bonchev–Trinajstić information content (AvgIpc) is 2.42. The van der Waals surface area contributed by atoms with Gasteiger partial charge in [0.05, 0.1) is 12.2 Å². The lowest BCUT2D eigenvalue weighted by Gasteiger charge is -2.07. The van der Waals surface area contributed by atoms with E-state index < -0.39 is 17.9 Å². The van der Waals surface area contributed by atoms with E-state index in [-0.39, 0.29) is 30.8 Å². The van der Waals surface area contributed by atoms with Crippen molar-refractivity contribution < 1.29 is 28.7 Å². The van der Waals surface area contributed by atoms with Crippen LogP contribution in [0.1, 0.15) is 47.4 Å². The number of ketones is 1. The van der Waals surface area contributed by atoms with Gasteiger partial charge in [0.15, 0.2) is 5.78 Å². The number of Topliss-reactive ketones (excluding diaryl/α,β-unsaturated/α-hetero) is 1. The first kappa shape index (κ1) is 16.6. The van der Waals surface area contributed by atoms with E-state index >= 15 is 0 Å². The molecule has 0 heterocycles. The van der Waals surface area contributed by atoms with Gasteiger partial charge in [-0.05, 0) is 19.4 Å². The Kier molecular flexibility index (Phi) is 6.26. The normalized spacial score (nSPS) is 9.81. The van der Waals surface area contributed by atoms with Crippen molar-refractivity contribution in [2.75, 3.05) is 6.61 Å². The summed E-state index contributed by atoms with van der Waals surface area (Å²) in [4.78, 5) is 44.8. The molecule has 6 heteroatoms. The van der Waals surface area contributed by atoms with Crippen LogP contribution >= 0.6 is 0 Å². The molecule has 0 unspecified atom stereocenters. The molecular formula is C15H16O6. The van der Waals surface area contributed by atoms with Crippen molar-refractivity contribution in [1.82, 2.24) is 0 Å². The second kappa shape index (κ2) is 7.94. The van der Waals surface area contributed by atoms with Gasteiger partial charge in [0.1, 0.15) is 0 Å². The van der Waals surface area contributed by atoms with E-state index in [1.807, 2.05) is 0 Å². The molecule has 0 bridgehead atoms.